The molecular weight excluding hydrogens is 350 g/mol. The van der Waals surface area contributed by atoms with Crippen molar-refractivity contribution in [3.8, 4) is 0 Å². The molecule has 0 radical (unpaired) electrons. The summed E-state index contributed by atoms with van der Waals surface area (Å²) >= 11 is 1.63. The van der Waals surface area contributed by atoms with Gasteiger partial charge in [0.05, 0.1) is 13.0 Å². The summed E-state index contributed by atoms with van der Waals surface area (Å²) in [5.74, 6) is -0.573. The molecule has 1 aromatic rings. The third kappa shape index (κ3) is 3.26. The number of hydrogen-bond acceptors (Lipinski definition) is 6. The van der Waals surface area contributed by atoms with Crippen molar-refractivity contribution in [1.82, 2.24) is 0 Å². The van der Waals surface area contributed by atoms with Crippen molar-refractivity contribution in [2.75, 3.05) is 13.4 Å². The van der Waals surface area contributed by atoms with Crippen LogP contribution in [0.25, 0.3) is 0 Å². The van der Waals surface area contributed by atoms with Gasteiger partial charge in [0.1, 0.15) is 11.3 Å². The van der Waals surface area contributed by atoms with Crippen LogP contribution in [0, 0.1) is 5.41 Å². The molecule has 2 aliphatic rings. The number of hydrogen-bond donors (Lipinski definition) is 1. The minimum Gasteiger partial charge on any atom is -0.465 e. The van der Waals surface area contributed by atoms with Crippen LogP contribution in [0.4, 0.5) is 0 Å². The van der Waals surface area contributed by atoms with Gasteiger partial charge in [-0.3, -0.25) is 4.79 Å². The van der Waals surface area contributed by atoms with Crippen molar-refractivity contribution in [1.29, 1.82) is 0 Å². The predicted octanol–water partition coefficient (Wildman–Crippen LogP) is 3.51. The number of benzene rings is 1. The van der Waals surface area contributed by atoms with E-state index < -0.39 is 11.9 Å². The normalized spacial score (nSPS) is 22.0. The molecule has 6 heteroatoms. The summed E-state index contributed by atoms with van der Waals surface area (Å²) in [7, 11) is 1.30. The second-order valence-corrected chi connectivity index (χ2v) is 8.24. The molecule has 2 N–H and O–H groups in total. The molecule has 5 nitrogen and oxygen atoms in total. The van der Waals surface area contributed by atoms with Gasteiger partial charge in [0, 0.05) is 23.3 Å². The molecule has 0 bridgehead atoms. The first-order valence-electron chi connectivity index (χ1n) is 8.43. The Kier molecular flexibility index (Phi) is 4.88. The molecule has 1 aliphatic heterocycles. The fourth-order valence-electron chi connectivity index (χ4n) is 3.62. The van der Waals surface area contributed by atoms with E-state index in [1.54, 1.807) is 11.8 Å². The highest BCUT2D eigenvalue weighted by Crippen LogP contribution is 2.48. The molecule has 0 saturated carbocycles. The minimum absolute atomic E-state index is 0.0101. The minimum atomic E-state index is -0.578. The van der Waals surface area contributed by atoms with Gasteiger partial charge < -0.3 is 15.2 Å². The first kappa shape index (κ1) is 18.6. The summed E-state index contributed by atoms with van der Waals surface area (Å²) in [5, 5.41) is 0. The summed E-state index contributed by atoms with van der Waals surface area (Å²) in [4.78, 5) is 26.5. The van der Waals surface area contributed by atoms with Gasteiger partial charge in [0.15, 0.2) is 5.78 Å². The quantitative estimate of drug-likeness (QED) is 0.645. The van der Waals surface area contributed by atoms with Crippen LogP contribution in [0.2, 0.25) is 0 Å². The van der Waals surface area contributed by atoms with Crippen molar-refractivity contribution < 1.29 is 19.1 Å². The van der Waals surface area contributed by atoms with Crippen molar-refractivity contribution >= 4 is 23.5 Å². The van der Waals surface area contributed by atoms with Crippen molar-refractivity contribution in [2.24, 2.45) is 11.1 Å². The van der Waals surface area contributed by atoms with Gasteiger partial charge in [-0.15, -0.1) is 11.8 Å². The molecule has 138 valence electrons. The lowest BCUT2D eigenvalue weighted by atomic mass is 9.70. The fourth-order valence-corrected chi connectivity index (χ4v) is 4.03. The van der Waals surface area contributed by atoms with Gasteiger partial charge in [0.2, 0.25) is 5.88 Å². The van der Waals surface area contributed by atoms with E-state index >= 15 is 0 Å². The molecule has 0 fully saturated rings. The topological polar surface area (TPSA) is 78.6 Å². The lowest BCUT2D eigenvalue weighted by Crippen LogP contribution is -2.35. The Hall–Kier alpha value is -2.21. The first-order valence-corrected chi connectivity index (χ1v) is 9.66. The van der Waals surface area contributed by atoms with Crippen molar-refractivity contribution in [3.05, 3.63) is 52.6 Å². The van der Waals surface area contributed by atoms with E-state index in [0.29, 0.717) is 24.2 Å². The zero-order valence-electron chi connectivity index (χ0n) is 15.4. The number of nitrogens with two attached hydrogens (primary N) is 1. The first-order chi connectivity index (χ1) is 12.3. The van der Waals surface area contributed by atoms with Crippen LogP contribution in [0.15, 0.2) is 51.9 Å². The molecule has 1 atom stereocenters. The second-order valence-electron chi connectivity index (χ2n) is 7.36. The molecule has 1 aliphatic carbocycles. The SMILES string of the molecule is COC(=O)C1=C(N)OC2=C(C(=O)CC(C)(C)C2)C1c1ccc(SC)cc1. The van der Waals surface area contributed by atoms with E-state index in [1.807, 2.05) is 44.4 Å². The highest BCUT2D eigenvalue weighted by atomic mass is 32.2. The molecule has 0 aromatic heterocycles. The molecule has 0 saturated heterocycles. The number of ketones is 1. The molecule has 1 unspecified atom stereocenters. The number of rotatable bonds is 3. The maximum absolute atomic E-state index is 13.0. The van der Waals surface area contributed by atoms with E-state index in [9.17, 15) is 9.59 Å². The number of Topliss-reactive ketones (excluding diaryl/α,β-unsaturated/α-hetero) is 1. The summed E-state index contributed by atoms with van der Waals surface area (Å²) < 4.78 is 10.7. The molecule has 0 amide bonds. The summed E-state index contributed by atoms with van der Waals surface area (Å²) in [6.45, 7) is 4.05. The predicted molar refractivity (Wildman–Crippen MR) is 100 cm³/mol. The molecule has 1 aromatic carbocycles. The van der Waals surface area contributed by atoms with E-state index in [2.05, 4.69) is 0 Å². The molecule has 3 rings (SSSR count). The Morgan fingerprint density at radius 2 is 1.92 bits per heavy atom. The van der Waals surface area contributed by atoms with E-state index in [1.165, 1.54) is 7.11 Å². The third-order valence-electron chi connectivity index (χ3n) is 4.81. The Morgan fingerprint density at radius 3 is 2.50 bits per heavy atom. The zero-order chi connectivity index (χ0) is 19.1. The molecular formula is C20H23NO4S. The molecule has 26 heavy (non-hydrogen) atoms. The smallest absolute Gasteiger partial charge is 0.340 e. The molecule has 1 heterocycles. The highest BCUT2D eigenvalue weighted by molar-refractivity contribution is 7.98. The Balaban J connectivity index is 2.17. The van der Waals surface area contributed by atoms with E-state index in [4.69, 9.17) is 15.2 Å². The van der Waals surface area contributed by atoms with Crippen LogP contribution in [-0.2, 0) is 19.1 Å². The lowest BCUT2D eigenvalue weighted by molar-refractivity contribution is -0.136. The van der Waals surface area contributed by atoms with Gasteiger partial charge >= 0.3 is 5.97 Å². The van der Waals surface area contributed by atoms with Crippen LogP contribution in [0.3, 0.4) is 0 Å². The monoisotopic (exact) mass is 373 g/mol. The number of carbonyl (C=O) groups excluding carboxylic acids is 2. The standard InChI is InChI=1S/C20H23NO4S/c1-20(2)9-13(22)16-14(10-20)25-18(21)17(19(23)24-3)15(16)11-5-7-12(26-4)8-6-11/h5-8,15H,9-10,21H2,1-4H3. The Bertz CT molecular complexity index is 821. The Morgan fingerprint density at radius 1 is 1.27 bits per heavy atom. The number of carbonyl (C=O) groups is 2. The van der Waals surface area contributed by atoms with Gasteiger partial charge in [-0.25, -0.2) is 4.79 Å². The fraction of sp³-hybridized carbons (Fsp3) is 0.400. The number of ether oxygens (including phenoxy) is 2. The largest absolute Gasteiger partial charge is 0.465 e. The van der Waals surface area contributed by atoms with Crippen LogP contribution >= 0.6 is 11.8 Å². The van der Waals surface area contributed by atoms with Crippen LogP contribution in [0.5, 0.6) is 0 Å². The maximum atomic E-state index is 13.0. The van der Waals surface area contributed by atoms with E-state index in [-0.39, 0.29) is 22.7 Å². The van der Waals surface area contributed by atoms with E-state index in [0.717, 1.165) is 10.5 Å². The van der Waals surface area contributed by atoms with Crippen LogP contribution in [0.1, 0.15) is 38.2 Å². The number of thioether (sulfide) groups is 1. The van der Waals surface area contributed by atoms with Crippen LogP contribution < -0.4 is 5.73 Å². The Labute approximate surface area is 157 Å². The zero-order valence-corrected chi connectivity index (χ0v) is 16.2. The average molecular weight is 373 g/mol. The number of methoxy groups -OCH3 is 1. The average Bonchev–Trinajstić information content (AvgIpc) is 2.59. The van der Waals surface area contributed by atoms with Crippen LogP contribution in [-0.4, -0.2) is 25.1 Å². The number of allylic oxidation sites excluding steroid dienone is 2. The summed E-state index contributed by atoms with van der Waals surface area (Å²) in [6, 6.07) is 7.79. The second kappa shape index (κ2) is 6.83. The summed E-state index contributed by atoms with van der Waals surface area (Å²) in [6.07, 6.45) is 3.00. The third-order valence-corrected chi connectivity index (χ3v) is 5.55. The maximum Gasteiger partial charge on any atom is 0.340 e. The summed E-state index contributed by atoms with van der Waals surface area (Å²) in [5.41, 5.74) is 7.43. The van der Waals surface area contributed by atoms with Gasteiger partial charge in [-0.2, -0.15) is 0 Å². The van der Waals surface area contributed by atoms with Gasteiger partial charge in [0.25, 0.3) is 0 Å². The highest BCUT2D eigenvalue weighted by Gasteiger charge is 2.44. The van der Waals surface area contributed by atoms with Gasteiger partial charge in [-0.1, -0.05) is 26.0 Å². The lowest BCUT2D eigenvalue weighted by Gasteiger charge is -2.37. The van der Waals surface area contributed by atoms with Crippen molar-refractivity contribution in [2.45, 2.75) is 37.5 Å². The van der Waals surface area contributed by atoms with Crippen molar-refractivity contribution in [3.63, 3.8) is 0 Å². The number of esters is 1. The molecule has 0 spiro atoms. The van der Waals surface area contributed by atoms with Gasteiger partial charge in [-0.05, 0) is 29.4 Å².